The Bertz CT molecular complexity index is 537. The number of nitrogens with one attached hydrogen (secondary N) is 2. The van der Waals surface area contributed by atoms with Gasteiger partial charge in [0.25, 0.3) is 5.91 Å². The number of benzene rings is 1. The summed E-state index contributed by atoms with van der Waals surface area (Å²) < 4.78 is 13.1. The molecular weight excluding hydrogens is 233 g/mol. The molecule has 2 aromatic rings. The number of carbonyl (C=O) groups excluding carboxylic acids is 1. The molecule has 0 spiro atoms. The van der Waals surface area contributed by atoms with E-state index in [1.807, 2.05) is 0 Å². The summed E-state index contributed by atoms with van der Waals surface area (Å²) in [5, 5.41) is 2.74. The van der Waals surface area contributed by atoms with E-state index in [9.17, 15) is 9.18 Å². The third-order valence-corrected chi connectivity index (χ3v) is 2.65. The van der Waals surface area contributed by atoms with Gasteiger partial charge in [-0.15, -0.1) is 0 Å². The van der Waals surface area contributed by atoms with Crippen molar-refractivity contribution < 1.29 is 9.18 Å². The van der Waals surface area contributed by atoms with Gasteiger partial charge in [-0.2, -0.15) is 0 Å². The third kappa shape index (κ3) is 2.94. The van der Waals surface area contributed by atoms with Crippen LogP contribution in [0.15, 0.2) is 30.6 Å². The molecule has 0 fully saturated rings. The summed E-state index contributed by atoms with van der Waals surface area (Å²) in [7, 11) is 0. The number of H-pyrrole nitrogens is 1. The number of aromatic amines is 1. The molecule has 0 aliphatic rings. The van der Waals surface area contributed by atoms with Crippen LogP contribution in [0.3, 0.4) is 0 Å². The van der Waals surface area contributed by atoms with Crippen LogP contribution in [0.1, 0.15) is 21.7 Å². The summed E-state index contributed by atoms with van der Waals surface area (Å²) in [4.78, 5) is 18.8. The molecule has 2 rings (SSSR count). The highest BCUT2D eigenvalue weighted by atomic mass is 19.1. The Morgan fingerprint density at radius 3 is 3.06 bits per heavy atom. The van der Waals surface area contributed by atoms with Gasteiger partial charge in [-0.3, -0.25) is 4.79 Å². The zero-order chi connectivity index (χ0) is 13.0. The molecule has 0 aliphatic carbocycles. The summed E-state index contributed by atoms with van der Waals surface area (Å²) in [6.07, 6.45) is 4.01. The van der Waals surface area contributed by atoms with Crippen molar-refractivity contribution in [3.63, 3.8) is 0 Å². The van der Waals surface area contributed by atoms with Gasteiger partial charge in [-0.05, 0) is 24.6 Å². The normalized spacial score (nSPS) is 10.3. The fourth-order valence-electron chi connectivity index (χ4n) is 1.66. The molecule has 1 aromatic heterocycles. The maximum atomic E-state index is 13.1. The molecule has 0 saturated carbocycles. The second-order valence-corrected chi connectivity index (χ2v) is 4.00. The summed E-state index contributed by atoms with van der Waals surface area (Å²) in [5.41, 5.74) is 1.13. The van der Waals surface area contributed by atoms with Gasteiger partial charge < -0.3 is 10.3 Å². The molecule has 94 valence electrons. The van der Waals surface area contributed by atoms with E-state index in [0.29, 0.717) is 18.5 Å². The first kappa shape index (κ1) is 12.3. The molecule has 1 aromatic carbocycles. The third-order valence-electron chi connectivity index (χ3n) is 2.65. The SMILES string of the molecule is Cc1ccc(F)cc1C(=O)NCCc1ncc[nH]1. The van der Waals surface area contributed by atoms with Crippen molar-refractivity contribution in [2.24, 2.45) is 0 Å². The van der Waals surface area contributed by atoms with Crippen LogP contribution in [0.4, 0.5) is 4.39 Å². The molecule has 1 amide bonds. The van der Waals surface area contributed by atoms with Crippen LogP contribution in [0.25, 0.3) is 0 Å². The lowest BCUT2D eigenvalue weighted by Crippen LogP contribution is -2.26. The predicted molar refractivity (Wildman–Crippen MR) is 65.8 cm³/mol. The van der Waals surface area contributed by atoms with Crippen LogP contribution in [0.5, 0.6) is 0 Å². The van der Waals surface area contributed by atoms with E-state index < -0.39 is 5.82 Å². The Hall–Kier alpha value is -2.17. The fourth-order valence-corrected chi connectivity index (χ4v) is 1.66. The molecule has 4 nitrogen and oxygen atoms in total. The van der Waals surface area contributed by atoms with Crippen molar-refractivity contribution in [2.45, 2.75) is 13.3 Å². The molecular formula is C13H14FN3O. The molecule has 0 radical (unpaired) electrons. The van der Waals surface area contributed by atoms with E-state index in [1.54, 1.807) is 25.4 Å². The van der Waals surface area contributed by atoms with Crippen LogP contribution in [-0.4, -0.2) is 22.4 Å². The van der Waals surface area contributed by atoms with E-state index in [2.05, 4.69) is 15.3 Å². The number of carbonyl (C=O) groups is 1. The molecule has 0 aliphatic heterocycles. The minimum absolute atomic E-state index is 0.265. The standard InChI is InChI=1S/C13H14FN3O/c1-9-2-3-10(14)8-11(9)13(18)17-5-4-12-15-6-7-16-12/h2-3,6-8H,4-5H2,1H3,(H,15,16)(H,17,18). The Kier molecular flexibility index (Phi) is 3.72. The number of imidazole rings is 1. The lowest BCUT2D eigenvalue weighted by Gasteiger charge is -2.07. The van der Waals surface area contributed by atoms with Gasteiger partial charge >= 0.3 is 0 Å². The van der Waals surface area contributed by atoms with Crippen LogP contribution in [-0.2, 0) is 6.42 Å². The lowest BCUT2D eigenvalue weighted by molar-refractivity contribution is 0.0953. The summed E-state index contributed by atoms with van der Waals surface area (Å²) >= 11 is 0. The van der Waals surface area contributed by atoms with Crippen LogP contribution >= 0.6 is 0 Å². The number of hydrogen-bond donors (Lipinski definition) is 2. The molecule has 2 N–H and O–H groups in total. The average Bonchev–Trinajstić information content (AvgIpc) is 2.85. The van der Waals surface area contributed by atoms with Gasteiger partial charge in [0.05, 0.1) is 0 Å². The van der Waals surface area contributed by atoms with E-state index in [4.69, 9.17) is 0 Å². The van der Waals surface area contributed by atoms with Crippen LogP contribution in [0, 0.1) is 12.7 Å². The second kappa shape index (κ2) is 5.44. The largest absolute Gasteiger partial charge is 0.352 e. The van der Waals surface area contributed by atoms with Crippen molar-refractivity contribution in [3.8, 4) is 0 Å². The zero-order valence-corrected chi connectivity index (χ0v) is 10.0. The average molecular weight is 247 g/mol. The van der Waals surface area contributed by atoms with E-state index in [0.717, 1.165) is 11.4 Å². The first-order valence-electron chi connectivity index (χ1n) is 5.69. The highest BCUT2D eigenvalue weighted by Gasteiger charge is 2.09. The quantitative estimate of drug-likeness (QED) is 0.866. The molecule has 0 atom stereocenters. The lowest BCUT2D eigenvalue weighted by atomic mass is 10.1. The molecule has 18 heavy (non-hydrogen) atoms. The summed E-state index contributed by atoms with van der Waals surface area (Å²) in [5.74, 6) is 0.140. The molecule has 0 unspecified atom stereocenters. The summed E-state index contributed by atoms with van der Waals surface area (Å²) in [6.45, 7) is 2.24. The van der Waals surface area contributed by atoms with Crippen molar-refractivity contribution in [2.75, 3.05) is 6.54 Å². The minimum Gasteiger partial charge on any atom is -0.352 e. The monoisotopic (exact) mass is 247 g/mol. The number of aromatic nitrogens is 2. The van der Waals surface area contributed by atoms with Gasteiger partial charge in [0.1, 0.15) is 11.6 Å². The Morgan fingerprint density at radius 2 is 2.33 bits per heavy atom. The van der Waals surface area contributed by atoms with Crippen molar-refractivity contribution in [3.05, 3.63) is 53.4 Å². The van der Waals surface area contributed by atoms with Crippen molar-refractivity contribution in [1.29, 1.82) is 0 Å². The Morgan fingerprint density at radius 1 is 1.50 bits per heavy atom. The molecule has 0 bridgehead atoms. The van der Waals surface area contributed by atoms with Gasteiger partial charge in [0.2, 0.25) is 0 Å². The number of rotatable bonds is 4. The van der Waals surface area contributed by atoms with Gasteiger partial charge in [0, 0.05) is 30.9 Å². The highest BCUT2D eigenvalue weighted by molar-refractivity contribution is 5.95. The highest BCUT2D eigenvalue weighted by Crippen LogP contribution is 2.09. The van der Waals surface area contributed by atoms with Gasteiger partial charge in [-0.1, -0.05) is 6.07 Å². The van der Waals surface area contributed by atoms with E-state index in [-0.39, 0.29) is 5.91 Å². The molecule has 5 heteroatoms. The zero-order valence-electron chi connectivity index (χ0n) is 10.0. The second-order valence-electron chi connectivity index (χ2n) is 4.00. The number of nitrogens with zero attached hydrogens (tertiary/aromatic N) is 1. The predicted octanol–water partition coefficient (Wildman–Crippen LogP) is 1.83. The topological polar surface area (TPSA) is 57.8 Å². The number of halogens is 1. The van der Waals surface area contributed by atoms with Crippen LogP contribution < -0.4 is 5.32 Å². The van der Waals surface area contributed by atoms with Crippen molar-refractivity contribution >= 4 is 5.91 Å². The first-order chi connectivity index (χ1) is 8.66. The minimum atomic E-state index is -0.406. The number of aryl methyl sites for hydroxylation is 1. The van der Waals surface area contributed by atoms with E-state index >= 15 is 0 Å². The Labute approximate surface area is 104 Å². The van der Waals surface area contributed by atoms with Gasteiger partial charge in [-0.25, -0.2) is 9.37 Å². The van der Waals surface area contributed by atoms with Crippen molar-refractivity contribution in [1.82, 2.24) is 15.3 Å². The molecule has 0 saturated heterocycles. The molecule has 1 heterocycles. The fraction of sp³-hybridized carbons (Fsp3) is 0.231. The maximum absolute atomic E-state index is 13.1. The number of amides is 1. The summed E-state index contributed by atoms with van der Waals surface area (Å²) in [6, 6.07) is 4.18. The first-order valence-corrected chi connectivity index (χ1v) is 5.69. The van der Waals surface area contributed by atoms with Crippen LogP contribution in [0.2, 0.25) is 0 Å². The van der Waals surface area contributed by atoms with Gasteiger partial charge in [0.15, 0.2) is 0 Å². The maximum Gasteiger partial charge on any atom is 0.251 e. The van der Waals surface area contributed by atoms with E-state index in [1.165, 1.54) is 12.1 Å². The number of hydrogen-bond acceptors (Lipinski definition) is 2. The Balaban J connectivity index is 1.93. The smallest absolute Gasteiger partial charge is 0.251 e.